The van der Waals surface area contributed by atoms with Crippen molar-refractivity contribution in [1.29, 1.82) is 5.26 Å². The molecule has 20 heavy (non-hydrogen) atoms. The van der Waals surface area contributed by atoms with E-state index in [1.807, 2.05) is 0 Å². The van der Waals surface area contributed by atoms with Gasteiger partial charge in [0.2, 0.25) is 0 Å². The van der Waals surface area contributed by atoms with Crippen molar-refractivity contribution in [3.05, 3.63) is 35.4 Å². The van der Waals surface area contributed by atoms with E-state index in [1.165, 1.54) is 0 Å². The van der Waals surface area contributed by atoms with Gasteiger partial charge in [-0.25, -0.2) is 0 Å². The van der Waals surface area contributed by atoms with Crippen molar-refractivity contribution < 1.29 is 14.7 Å². The van der Waals surface area contributed by atoms with Gasteiger partial charge in [-0.15, -0.1) is 0 Å². The van der Waals surface area contributed by atoms with E-state index in [9.17, 15) is 9.59 Å². The zero-order valence-corrected chi connectivity index (χ0v) is 11.0. The van der Waals surface area contributed by atoms with Gasteiger partial charge in [0.05, 0.1) is 18.4 Å². The molecule has 0 unspecified atom stereocenters. The van der Waals surface area contributed by atoms with E-state index in [0.29, 0.717) is 31.2 Å². The molecule has 104 valence electrons. The van der Waals surface area contributed by atoms with E-state index in [2.05, 4.69) is 11.4 Å². The first-order valence-electron chi connectivity index (χ1n) is 6.59. The smallest absolute Gasteiger partial charge is 0.306 e. The Balaban J connectivity index is 1.92. The summed E-state index contributed by atoms with van der Waals surface area (Å²) in [5, 5.41) is 20.4. The number of hydrogen-bond acceptors (Lipinski definition) is 3. The summed E-state index contributed by atoms with van der Waals surface area (Å²) in [7, 11) is 0. The highest BCUT2D eigenvalue weighted by molar-refractivity contribution is 5.94. The number of carboxylic acid groups (broad SMARTS) is 1. The highest BCUT2D eigenvalue weighted by Gasteiger charge is 2.30. The fourth-order valence-corrected chi connectivity index (χ4v) is 2.47. The Hall–Kier alpha value is -2.35. The third-order valence-electron chi connectivity index (χ3n) is 3.62. The molecule has 2 N–H and O–H groups in total. The topological polar surface area (TPSA) is 90.2 Å². The molecule has 1 fully saturated rings. The van der Waals surface area contributed by atoms with Crippen LogP contribution >= 0.6 is 0 Å². The van der Waals surface area contributed by atoms with E-state index < -0.39 is 5.97 Å². The zero-order valence-electron chi connectivity index (χ0n) is 11.0. The molecule has 5 nitrogen and oxygen atoms in total. The third kappa shape index (κ3) is 3.35. The zero-order chi connectivity index (χ0) is 14.5. The molecule has 2 atom stereocenters. The molecule has 0 spiro atoms. The predicted octanol–water partition coefficient (Wildman–Crippen LogP) is 1.74. The normalized spacial score (nSPS) is 21.1. The SMILES string of the molecule is N#CCc1ccc(C(=O)N[C@@H]2CC[C@H](C(=O)O)C2)cc1. The summed E-state index contributed by atoms with van der Waals surface area (Å²) >= 11 is 0. The van der Waals surface area contributed by atoms with Gasteiger partial charge < -0.3 is 10.4 Å². The fourth-order valence-electron chi connectivity index (χ4n) is 2.47. The van der Waals surface area contributed by atoms with Crippen LogP contribution in [-0.2, 0) is 11.2 Å². The molecule has 5 heteroatoms. The van der Waals surface area contributed by atoms with Gasteiger partial charge in [-0.2, -0.15) is 5.26 Å². The van der Waals surface area contributed by atoms with Crippen molar-refractivity contribution in [2.45, 2.75) is 31.7 Å². The molecule has 0 radical (unpaired) electrons. The number of amides is 1. The molecule has 0 aromatic heterocycles. The van der Waals surface area contributed by atoms with Crippen molar-refractivity contribution in [2.24, 2.45) is 5.92 Å². The van der Waals surface area contributed by atoms with E-state index in [1.54, 1.807) is 24.3 Å². The van der Waals surface area contributed by atoms with Crippen molar-refractivity contribution >= 4 is 11.9 Å². The summed E-state index contributed by atoms with van der Waals surface area (Å²) in [6.45, 7) is 0. The number of carboxylic acids is 1. The third-order valence-corrected chi connectivity index (χ3v) is 3.62. The standard InChI is InChI=1S/C15H16N2O3/c16-8-7-10-1-3-11(4-2-10)14(18)17-13-6-5-12(9-13)15(19)20/h1-4,12-13H,5-7,9H2,(H,17,18)(H,19,20)/t12-,13+/m0/s1. The van der Waals surface area contributed by atoms with Crippen LogP contribution in [0, 0.1) is 17.2 Å². The number of nitrogens with zero attached hydrogens (tertiary/aromatic N) is 1. The van der Waals surface area contributed by atoms with Crippen molar-refractivity contribution in [2.75, 3.05) is 0 Å². The summed E-state index contributed by atoms with van der Waals surface area (Å²) in [4.78, 5) is 22.9. The first-order valence-corrected chi connectivity index (χ1v) is 6.59. The monoisotopic (exact) mass is 272 g/mol. The van der Waals surface area contributed by atoms with Gasteiger partial charge in [0.1, 0.15) is 0 Å². The Morgan fingerprint density at radius 3 is 2.55 bits per heavy atom. The second-order valence-electron chi connectivity index (χ2n) is 5.05. The molecule has 0 saturated heterocycles. The first kappa shape index (κ1) is 14.1. The molecule has 1 aliphatic carbocycles. The quantitative estimate of drug-likeness (QED) is 0.873. The Labute approximate surface area is 117 Å². The Morgan fingerprint density at radius 2 is 2.00 bits per heavy atom. The number of hydrogen-bond donors (Lipinski definition) is 2. The van der Waals surface area contributed by atoms with Gasteiger partial charge in [-0.1, -0.05) is 12.1 Å². The average Bonchev–Trinajstić information content (AvgIpc) is 2.88. The molecule has 1 amide bonds. The predicted molar refractivity (Wildman–Crippen MR) is 72.0 cm³/mol. The van der Waals surface area contributed by atoms with Crippen LogP contribution in [0.25, 0.3) is 0 Å². The van der Waals surface area contributed by atoms with Crippen molar-refractivity contribution in [3.63, 3.8) is 0 Å². The van der Waals surface area contributed by atoms with Crippen LogP contribution in [0.3, 0.4) is 0 Å². The lowest BCUT2D eigenvalue weighted by Crippen LogP contribution is -2.33. The minimum atomic E-state index is -0.789. The van der Waals surface area contributed by atoms with Crippen LogP contribution in [0.1, 0.15) is 35.2 Å². The van der Waals surface area contributed by atoms with Crippen LogP contribution in [-0.4, -0.2) is 23.0 Å². The maximum absolute atomic E-state index is 12.0. The maximum atomic E-state index is 12.0. The first-order chi connectivity index (χ1) is 9.60. The van der Waals surface area contributed by atoms with Crippen molar-refractivity contribution in [3.8, 4) is 6.07 Å². The van der Waals surface area contributed by atoms with Crippen LogP contribution in [0.4, 0.5) is 0 Å². The van der Waals surface area contributed by atoms with Gasteiger partial charge in [0.25, 0.3) is 5.91 Å². The lowest BCUT2D eigenvalue weighted by molar-refractivity contribution is -0.141. The number of nitriles is 1. The fraction of sp³-hybridized carbons (Fsp3) is 0.400. The molecule has 1 aliphatic rings. The molecule has 0 heterocycles. The number of carbonyl (C=O) groups excluding carboxylic acids is 1. The summed E-state index contributed by atoms with van der Waals surface area (Å²) in [6.07, 6.45) is 2.13. The van der Waals surface area contributed by atoms with Crippen LogP contribution < -0.4 is 5.32 Å². The number of carbonyl (C=O) groups is 2. The lowest BCUT2D eigenvalue weighted by Gasteiger charge is -2.12. The molecule has 0 aliphatic heterocycles. The van der Waals surface area contributed by atoms with E-state index >= 15 is 0 Å². The van der Waals surface area contributed by atoms with Gasteiger partial charge in [-0.3, -0.25) is 9.59 Å². The summed E-state index contributed by atoms with van der Waals surface area (Å²) in [5.74, 6) is -1.33. The van der Waals surface area contributed by atoms with Crippen molar-refractivity contribution in [1.82, 2.24) is 5.32 Å². The second kappa shape index (κ2) is 6.20. The Morgan fingerprint density at radius 1 is 1.30 bits per heavy atom. The van der Waals surface area contributed by atoms with Crippen LogP contribution in [0.5, 0.6) is 0 Å². The van der Waals surface area contributed by atoms with Crippen LogP contribution in [0.15, 0.2) is 24.3 Å². The molecule has 1 aromatic carbocycles. The number of benzene rings is 1. The van der Waals surface area contributed by atoms with E-state index in [4.69, 9.17) is 10.4 Å². The molecule has 0 bridgehead atoms. The molecule has 1 aromatic rings. The summed E-state index contributed by atoms with van der Waals surface area (Å²) in [5.41, 5.74) is 1.40. The minimum absolute atomic E-state index is 0.0672. The minimum Gasteiger partial charge on any atom is -0.481 e. The number of aliphatic carboxylic acids is 1. The maximum Gasteiger partial charge on any atom is 0.306 e. The highest BCUT2D eigenvalue weighted by Crippen LogP contribution is 2.25. The van der Waals surface area contributed by atoms with Gasteiger partial charge in [-0.05, 0) is 37.0 Å². The number of nitrogens with one attached hydrogen (secondary N) is 1. The summed E-state index contributed by atoms with van der Waals surface area (Å²) in [6, 6.07) is 8.87. The largest absolute Gasteiger partial charge is 0.481 e. The molecule has 1 saturated carbocycles. The molecular formula is C15H16N2O3. The van der Waals surface area contributed by atoms with Gasteiger partial charge in [0, 0.05) is 11.6 Å². The van der Waals surface area contributed by atoms with Crippen LogP contribution in [0.2, 0.25) is 0 Å². The molecule has 2 rings (SSSR count). The van der Waals surface area contributed by atoms with E-state index in [-0.39, 0.29) is 17.9 Å². The van der Waals surface area contributed by atoms with Gasteiger partial charge in [0.15, 0.2) is 0 Å². The lowest BCUT2D eigenvalue weighted by atomic mass is 10.1. The highest BCUT2D eigenvalue weighted by atomic mass is 16.4. The Kier molecular flexibility index (Phi) is 4.36. The molecular weight excluding hydrogens is 256 g/mol. The van der Waals surface area contributed by atoms with Gasteiger partial charge >= 0.3 is 5.97 Å². The average molecular weight is 272 g/mol. The second-order valence-corrected chi connectivity index (χ2v) is 5.05. The Bertz CT molecular complexity index is 545. The summed E-state index contributed by atoms with van der Waals surface area (Å²) < 4.78 is 0. The number of rotatable bonds is 4. The van der Waals surface area contributed by atoms with E-state index in [0.717, 1.165) is 5.56 Å².